The van der Waals surface area contributed by atoms with E-state index in [-0.39, 0.29) is 80.9 Å². The van der Waals surface area contributed by atoms with Crippen molar-refractivity contribution in [2.24, 2.45) is 11.8 Å². The summed E-state index contributed by atoms with van der Waals surface area (Å²) in [6.07, 6.45) is 1.27. The van der Waals surface area contributed by atoms with Gasteiger partial charge in [-0.25, -0.2) is 4.79 Å². The van der Waals surface area contributed by atoms with Crippen LogP contribution in [0.1, 0.15) is 67.2 Å². The number of Topliss-reactive ketones (excluding diaryl/α,β-unsaturated/α-hetero) is 2. The molecule has 0 saturated heterocycles. The maximum absolute atomic E-state index is 12.3. The Morgan fingerprint density at radius 3 is 2.26 bits per heavy atom. The third-order valence-electron chi connectivity index (χ3n) is 4.81. The topological polar surface area (TPSA) is 117 Å². The van der Waals surface area contributed by atoms with Crippen molar-refractivity contribution in [3.8, 4) is 0 Å². The van der Waals surface area contributed by atoms with E-state index < -0.39 is 18.1 Å². The van der Waals surface area contributed by atoms with E-state index in [1.54, 1.807) is 52.1 Å². The average Bonchev–Trinajstić information content (AvgIpc) is 2.82. The van der Waals surface area contributed by atoms with Crippen LogP contribution in [-0.4, -0.2) is 48.1 Å². The number of rotatable bonds is 12. The van der Waals surface area contributed by atoms with E-state index in [0.29, 0.717) is 18.7 Å². The smallest absolute Gasteiger partial charge is 0.668 e. The van der Waals surface area contributed by atoms with Gasteiger partial charge in [0.25, 0.3) is 0 Å². The number of carbonyl (C=O) groups is 4. The van der Waals surface area contributed by atoms with Crippen molar-refractivity contribution in [1.82, 2.24) is 4.90 Å². The Labute approximate surface area is 235 Å². The third kappa shape index (κ3) is 15.8. The fourth-order valence-electron chi connectivity index (χ4n) is 2.70. The molecule has 2 atom stereocenters. The maximum Gasteiger partial charge on any atom is 2.00 e. The van der Waals surface area contributed by atoms with Crippen LogP contribution in [0.15, 0.2) is 24.3 Å². The Bertz CT molecular complexity index is 805. The molecule has 0 spiro atoms. The summed E-state index contributed by atoms with van der Waals surface area (Å²) >= 11 is 0. The Morgan fingerprint density at radius 1 is 1.17 bits per heavy atom. The quantitative estimate of drug-likeness (QED) is 0.289. The van der Waals surface area contributed by atoms with E-state index in [9.17, 15) is 19.2 Å². The van der Waals surface area contributed by atoms with Gasteiger partial charge in [-0.1, -0.05) is 51.8 Å². The first kappa shape index (κ1) is 33.3. The zero-order valence-electron chi connectivity index (χ0n) is 22.7. The fraction of sp³-hybridized carbons (Fsp3) is 0.577. The van der Waals surface area contributed by atoms with Crippen LogP contribution in [0.4, 0.5) is 10.5 Å². The standard InChI is InChI=1S/C23H34N3O5.C3H7.U/c1-15(2)21(24)20(28)13-16(3)22(29)25-19-10-8-18(9-11-19)14-31-23(30)26(5)12-6-7-17(4)27;1-3-2;/h8-11,15-16,21,24H,6-7,12-14H2,1-5H3,(H,25,29);1,3H2,2H3;/q2*-1;+2/t16-,21?;;/m1../s1/i4D;;. The van der Waals surface area contributed by atoms with Crippen molar-refractivity contribution in [1.29, 1.82) is 0 Å². The molecule has 35 heavy (non-hydrogen) atoms. The number of amides is 2. The van der Waals surface area contributed by atoms with Gasteiger partial charge in [0, 0.05) is 39.4 Å². The summed E-state index contributed by atoms with van der Waals surface area (Å²) in [4.78, 5) is 48.9. The minimum absolute atomic E-state index is 0. The molecule has 194 valence electrons. The molecule has 0 aromatic heterocycles. The molecule has 0 radical (unpaired) electrons. The second-order valence-electron chi connectivity index (χ2n) is 8.60. The predicted octanol–water partition coefficient (Wildman–Crippen LogP) is 5.47. The summed E-state index contributed by atoms with van der Waals surface area (Å²) in [6.45, 7) is 11.0. The molecule has 8 nitrogen and oxygen atoms in total. The number of anilines is 1. The number of ketones is 2. The second kappa shape index (κ2) is 19.5. The monoisotopic (exact) mass is 714 g/mol. The van der Waals surface area contributed by atoms with Gasteiger partial charge in [0.15, 0.2) is 0 Å². The molecule has 1 aromatic carbocycles. The minimum Gasteiger partial charge on any atom is -0.668 e. The zero-order chi connectivity index (χ0) is 27.0. The number of nitrogens with zero attached hydrogens (tertiary/aromatic N) is 1. The number of ether oxygens (including phenoxy) is 1. The number of benzene rings is 1. The normalized spacial score (nSPS) is 12.2. The largest absolute Gasteiger partial charge is 2.00 e. The van der Waals surface area contributed by atoms with E-state index in [2.05, 4.69) is 12.2 Å². The van der Waals surface area contributed by atoms with E-state index in [0.717, 1.165) is 12.0 Å². The molecule has 0 fully saturated rings. The first-order valence-corrected chi connectivity index (χ1v) is 11.6. The van der Waals surface area contributed by atoms with Gasteiger partial charge in [-0.05, 0) is 31.0 Å². The van der Waals surface area contributed by atoms with E-state index in [4.69, 9.17) is 11.8 Å². The van der Waals surface area contributed by atoms with Crippen LogP contribution >= 0.6 is 0 Å². The van der Waals surface area contributed by atoms with Crippen molar-refractivity contribution in [3.05, 3.63) is 42.5 Å². The number of carbonyl (C=O) groups excluding carboxylic acids is 4. The van der Waals surface area contributed by atoms with Crippen molar-refractivity contribution in [2.45, 2.75) is 72.9 Å². The van der Waals surface area contributed by atoms with Crippen molar-refractivity contribution >= 4 is 29.3 Å². The van der Waals surface area contributed by atoms with Crippen molar-refractivity contribution in [3.63, 3.8) is 0 Å². The van der Waals surface area contributed by atoms with Gasteiger partial charge in [-0.15, -0.1) is 0 Å². The minimum atomic E-state index is -0.822. The zero-order valence-corrected chi connectivity index (χ0v) is 25.9. The number of hydrogen-bond donors (Lipinski definition) is 1. The van der Waals surface area contributed by atoms with Gasteiger partial charge in [0.2, 0.25) is 5.91 Å². The molecule has 1 rings (SSSR count). The molecule has 2 amide bonds. The van der Waals surface area contributed by atoms with Crippen LogP contribution in [0, 0.1) is 49.9 Å². The Hall–Kier alpha value is -1.69. The summed E-state index contributed by atoms with van der Waals surface area (Å²) in [5.41, 5.74) is 9.13. The number of hydrogen-bond acceptors (Lipinski definition) is 5. The van der Waals surface area contributed by atoms with Crippen LogP contribution in [0.25, 0.3) is 5.73 Å². The molecule has 2 N–H and O–H groups in total. The van der Waals surface area contributed by atoms with Crippen molar-refractivity contribution in [2.75, 3.05) is 18.9 Å². The molecule has 1 aromatic rings. The van der Waals surface area contributed by atoms with Crippen LogP contribution in [0.2, 0.25) is 0 Å². The second-order valence-corrected chi connectivity index (χ2v) is 8.60. The van der Waals surface area contributed by atoms with E-state index in [1.165, 1.54) is 4.90 Å². The summed E-state index contributed by atoms with van der Waals surface area (Å²) in [5, 5.41) is 2.75. The van der Waals surface area contributed by atoms with Gasteiger partial charge in [0.1, 0.15) is 18.2 Å². The average molecular weight is 715 g/mol. The fourth-order valence-corrected chi connectivity index (χ4v) is 2.70. The van der Waals surface area contributed by atoms with Crippen LogP contribution < -0.4 is 5.32 Å². The summed E-state index contributed by atoms with van der Waals surface area (Å²) in [7, 11) is 1.59. The van der Waals surface area contributed by atoms with Crippen LogP contribution in [0.5, 0.6) is 0 Å². The van der Waals surface area contributed by atoms with Crippen LogP contribution in [-0.2, 0) is 25.7 Å². The molecule has 1 unspecified atom stereocenters. The van der Waals surface area contributed by atoms with Gasteiger partial charge in [0.05, 0.1) is 0 Å². The molecule has 0 aliphatic heterocycles. The molecule has 0 saturated carbocycles. The Kier molecular flexibility index (Phi) is 18.6. The predicted molar refractivity (Wildman–Crippen MR) is 135 cm³/mol. The molecule has 0 bridgehead atoms. The third-order valence-corrected chi connectivity index (χ3v) is 4.81. The van der Waals surface area contributed by atoms with Gasteiger partial charge < -0.3 is 37.2 Å². The number of nitrogens with one attached hydrogen (secondary N) is 2. The summed E-state index contributed by atoms with van der Waals surface area (Å²) in [5.74, 6) is -1.32. The SMILES string of the molecule is [2H]CC(=O)CCCN(C)C(=O)OCc1ccc(NC(=O)[C@H](C)CC(=O)C([NH-])C(C)C)cc1.[CH2-]CC.[U+2]. The van der Waals surface area contributed by atoms with Gasteiger partial charge in [-0.2, -0.15) is 6.42 Å². The molecule has 0 aliphatic rings. The van der Waals surface area contributed by atoms with Crippen LogP contribution in [0.3, 0.4) is 0 Å². The molecule has 9 heteroatoms. The molecule has 0 heterocycles. The van der Waals surface area contributed by atoms with E-state index in [1.807, 2.05) is 6.92 Å². The first-order chi connectivity index (χ1) is 16.5. The van der Waals surface area contributed by atoms with Gasteiger partial charge in [-0.3, -0.25) is 4.79 Å². The maximum atomic E-state index is 12.3. The molecular formula is C26H41N3O5U. The Morgan fingerprint density at radius 2 is 1.74 bits per heavy atom. The van der Waals surface area contributed by atoms with E-state index >= 15 is 0 Å². The summed E-state index contributed by atoms with van der Waals surface area (Å²) in [6, 6.07) is 6.01. The molecule has 0 aliphatic carbocycles. The summed E-state index contributed by atoms with van der Waals surface area (Å²) < 4.78 is 12.2. The molecular weight excluding hydrogens is 672 g/mol. The van der Waals surface area contributed by atoms with Crippen molar-refractivity contribution < 1.29 is 56.4 Å². The van der Waals surface area contributed by atoms with Gasteiger partial charge >= 0.3 is 37.2 Å². The Balaban J connectivity index is 0. The first-order valence-electron chi connectivity index (χ1n) is 12.3.